The van der Waals surface area contributed by atoms with Crippen molar-refractivity contribution in [3.8, 4) is 0 Å². The van der Waals surface area contributed by atoms with Crippen LogP contribution >= 0.6 is 11.3 Å². The van der Waals surface area contributed by atoms with Gasteiger partial charge in [0.25, 0.3) is 0 Å². The van der Waals surface area contributed by atoms with E-state index < -0.39 is 11.4 Å². The summed E-state index contributed by atoms with van der Waals surface area (Å²) >= 11 is 1.56. The molecule has 0 bridgehead atoms. The molecule has 0 radical (unpaired) electrons. The minimum atomic E-state index is -0.831. The van der Waals surface area contributed by atoms with Crippen LogP contribution in [0, 0.1) is 5.41 Å². The molecule has 5 heteroatoms. The van der Waals surface area contributed by atoms with E-state index in [4.69, 9.17) is 0 Å². The van der Waals surface area contributed by atoms with Crippen molar-refractivity contribution in [3.63, 3.8) is 0 Å². The van der Waals surface area contributed by atoms with Crippen LogP contribution in [0.1, 0.15) is 38.2 Å². The normalized spacial score (nSPS) is 26.9. The Morgan fingerprint density at radius 3 is 2.95 bits per heavy atom. The lowest BCUT2D eigenvalue weighted by Crippen LogP contribution is -2.52. The Balaban J connectivity index is 1.99. The minimum Gasteiger partial charge on any atom is -0.481 e. The maximum absolute atomic E-state index is 12.0. The fraction of sp³-hybridized carbons (Fsp3) is 0.571. The highest BCUT2D eigenvalue weighted by atomic mass is 32.1. The smallest absolute Gasteiger partial charge is 0.311 e. The van der Waals surface area contributed by atoms with E-state index in [-0.39, 0.29) is 11.9 Å². The third kappa shape index (κ3) is 3.15. The maximum atomic E-state index is 12.0. The number of nitrogens with one attached hydrogen (secondary N) is 1. The molecule has 1 aliphatic rings. The lowest BCUT2D eigenvalue weighted by atomic mass is 9.71. The van der Waals surface area contributed by atoms with Crippen LogP contribution in [0.5, 0.6) is 0 Å². The molecule has 104 valence electrons. The molecule has 1 aromatic rings. The third-order valence-electron chi connectivity index (χ3n) is 3.98. The number of hydrogen-bond acceptors (Lipinski definition) is 3. The highest BCUT2D eigenvalue weighted by Crippen LogP contribution is 2.36. The van der Waals surface area contributed by atoms with Gasteiger partial charge in [-0.3, -0.25) is 9.59 Å². The monoisotopic (exact) mass is 281 g/mol. The number of carboxylic acids is 1. The molecule has 2 rings (SSSR count). The van der Waals surface area contributed by atoms with Crippen LogP contribution in [0.2, 0.25) is 0 Å². The first-order valence-electron chi connectivity index (χ1n) is 6.56. The molecule has 0 saturated heterocycles. The Bertz CT molecular complexity index is 457. The van der Waals surface area contributed by atoms with Crippen LogP contribution in [-0.4, -0.2) is 23.0 Å². The first-order valence-corrected chi connectivity index (χ1v) is 7.50. The summed E-state index contributed by atoms with van der Waals surface area (Å²) < 4.78 is 0. The summed E-state index contributed by atoms with van der Waals surface area (Å²) in [6.07, 6.45) is 3.60. The van der Waals surface area contributed by atoms with Crippen molar-refractivity contribution in [1.29, 1.82) is 0 Å². The molecule has 1 aliphatic carbocycles. The van der Waals surface area contributed by atoms with Crippen LogP contribution in [0.3, 0.4) is 0 Å². The van der Waals surface area contributed by atoms with Crippen LogP contribution in [0.4, 0.5) is 0 Å². The Kier molecular flexibility index (Phi) is 4.24. The summed E-state index contributed by atoms with van der Waals surface area (Å²) in [5.41, 5.74) is 0.151. The topological polar surface area (TPSA) is 66.4 Å². The Morgan fingerprint density at radius 1 is 1.53 bits per heavy atom. The quantitative estimate of drug-likeness (QED) is 0.891. The molecule has 1 aromatic heterocycles. The van der Waals surface area contributed by atoms with E-state index in [9.17, 15) is 14.7 Å². The molecule has 0 aromatic carbocycles. The molecular formula is C14H19NO3S. The summed E-state index contributed by atoms with van der Waals surface area (Å²) in [6.45, 7) is 1.74. The summed E-state index contributed by atoms with van der Waals surface area (Å²) in [4.78, 5) is 23.4. The van der Waals surface area contributed by atoms with Crippen molar-refractivity contribution in [2.75, 3.05) is 0 Å². The minimum absolute atomic E-state index is 0.0854. The van der Waals surface area contributed by atoms with Gasteiger partial charge >= 0.3 is 5.97 Å². The lowest BCUT2D eigenvalue weighted by Gasteiger charge is -2.38. The van der Waals surface area contributed by atoms with Gasteiger partial charge in [0.2, 0.25) is 5.91 Å². The zero-order valence-electron chi connectivity index (χ0n) is 11.0. The zero-order chi connectivity index (χ0) is 13.9. The predicted molar refractivity (Wildman–Crippen MR) is 74.2 cm³/mol. The molecule has 0 aliphatic heterocycles. The van der Waals surface area contributed by atoms with Gasteiger partial charge in [0.15, 0.2) is 0 Å². The van der Waals surface area contributed by atoms with Gasteiger partial charge in [-0.05, 0) is 42.2 Å². The van der Waals surface area contributed by atoms with E-state index in [1.807, 2.05) is 16.8 Å². The van der Waals surface area contributed by atoms with Crippen molar-refractivity contribution in [2.45, 2.75) is 45.1 Å². The number of thiophene rings is 1. The third-order valence-corrected chi connectivity index (χ3v) is 4.71. The molecule has 2 atom stereocenters. The fourth-order valence-electron chi connectivity index (χ4n) is 2.64. The Labute approximate surface area is 116 Å². The molecule has 1 fully saturated rings. The van der Waals surface area contributed by atoms with Gasteiger partial charge in [-0.2, -0.15) is 11.3 Å². The van der Waals surface area contributed by atoms with E-state index in [2.05, 4.69) is 5.32 Å². The van der Waals surface area contributed by atoms with Crippen LogP contribution in [-0.2, 0) is 16.0 Å². The maximum Gasteiger partial charge on any atom is 0.311 e. The summed E-state index contributed by atoms with van der Waals surface area (Å²) in [6, 6.07) is 1.66. The predicted octanol–water partition coefficient (Wildman–Crippen LogP) is 2.44. The van der Waals surface area contributed by atoms with Crippen molar-refractivity contribution in [1.82, 2.24) is 5.32 Å². The molecule has 1 heterocycles. The van der Waals surface area contributed by atoms with E-state index in [0.29, 0.717) is 12.8 Å². The van der Waals surface area contributed by atoms with Crippen molar-refractivity contribution in [3.05, 3.63) is 22.4 Å². The summed E-state index contributed by atoms with van der Waals surface area (Å²) in [7, 11) is 0. The summed E-state index contributed by atoms with van der Waals surface area (Å²) in [5, 5.41) is 16.2. The van der Waals surface area contributed by atoms with Crippen LogP contribution in [0.15, 0.2) is 16.8 Å². The zero-order valence-corrected chi connectivity index (χ0v) is 11.8. The Morgan fingerprint density at radius 2 is 2.32 bits per heavy atom. The SMILES string of the molecule is CC1(C(=O)O)CCCCC1NC(=O)Cc1ccsc1. The van der Waals surface area contributed by atoms with Gasteiger partial charge in [0.05, 0.1) is 11.8 Å². The van der Waals surface area contributed by atoms with Gasteiger partial charge in [0.1, 0.15) is 0 Å². The Hall–Kier alpha value is -1.36. The average molecular weight is 281 g/mol. The number of carbonyl (C=O) groups is 2. The number of carboxylic acid groups (broad SMARTS) is 1. The van der Waals surface area contributed by atoms with Gasteiger partial charge in [-0.15, -0.1) is 0 Å². The number of carbonyl (C=O) groups excluding carboxylic acids is 1. The van der Waals surface area contributed by atoms with Gasteiger partial charge in [0, 0.05) is 6.04 Å². The standard InChI is InChI=1S/C14H19NO3S/c1-14(13(17)18)6-3-2-4-11(14)15-12(16)8-10-5-7-19-9-10/h5,7,9,11H,2-4,6,8H2,1H3,(H,15,16)(H,17,18). The van der Waals surface area contributed by atoms with E-state index in [0.717, 1.165) is 24.8 Å². The van der Waals surface area contributed by atoms with E-state index in [1.165, 1.54) is 0 Å². The number of rotatable bonds is 4. The van der Waals surface area contributed by atoms with Gasteiger partial charge in [-0.25, -0.2) is 0 Å². The molecule has 2 unspecified atom stereocenters. The first-order chi connectivity index (χ1) is 9.02. The number of amides is 1. The first kappa shape index (κ1) is 14.1. The number of aliphatic carboxylic acids is 1. The molecular weight excluding hydrogens is 262 g/mol. The van der Waals surface area contributed by atoms with E-state index in [1.54, 1.807) is 18.3 Å². The molecule has 2 N–H and O–H groups in total. The fourth-order valence-corrected chi connectivity index (χ4v) is 3.31. The lowest BCUT2D eigenvalue weighted by molar-refractivity contribution is -0.152. The van der Waals surface area contributed by atoms with E-state index >= 15 is 0 Å². The molecule has 0 spiro atoms. The van der Waals surface area contributed by atoms with Crippen molar-refractivity contribution in [2.24, 2.45) is 5.41 Å². The molecule has 1 amide bonds. The van der Waals surface area contributed by atoms with Crippen LogP contribution < -0.4 is 5.32 Å². The second-order valence-electron chi connectivity index (χ2n) is 5.40. The average Bonchev–Trinajstić information content (AvgIpc) is 2.84. The highest BCUT2D eigenvalue weighted by molar-refractivity contribution is 7.07. The molecule has 19 heavy (non-hydrogen) atoms. The van der Waals surface area contributed by atoms with Crippen molar-refractivity contribution >= 4 is 23.2 Å². The van der Waals surface area contributed by atoms with Gasteiger partial charge < -0.3 is 10.4 Å². The largest absolute Gasteiger partial charge is 0.481 e. The highest BCUT2D eigenvalue weighted by Gasteiger charge is 2.43. The second kappa shape index (κ2) is 5.74. The molecule has 1 saturated carbocycles. The van der Waals surface area contributed by atoms with Gasteiger partial charge in [-0.1, -0.05) is 12.8 Å². The van der Waals surface area contributed by atoms with Crippen molar-refractivity contribution < 1.29 is 14.7 Å². The summed E-state index contributed by atoms with van der Waals surface area (Å²) in [5.74, 6) is -0.897. The van der Waals surface area contributed by atoms with Crippen LogP contribution in [0.25, 0.3) is 0 Å². The second-order valence-corrected chi connectivity index (χ2v) is 6.18. The number of hydrogen-bond donors (Lipinski definition) is 2. The molecule has 4 nitrogen and oxygen atoms in total.